The average Bonchev–Trinajstić information content (AvgIpc) is 1.98. The van der Waals surface area contributed by atoms with Gasteiger partial charge in [0.05, 0.1) is 0 Å². The summed E-state index contributed by atoms with van der Waals surface area (Å²) in [7, 11) is 0. The minimum Gasteiger partial charge on any atom is -0.103 e. The standard InChI is InChI=1S/C10H16/c1-4-6-7-8-9-10(3)5-2/h4-5,7-8H,1,6,9H2,2-3H3. The summed E-state index contributed by atoms with van der Waals surface area (Å²) in [6.45, 7) is 7.83. The molecule has 0 fully saturated rings. The highest BCUT2D eigenvalue weighted by Crippen LogP contribution is 2.00. The fourth-order valence-electron chi connectivity index (χ4n) is 0.580. The quantitative estimate of drug-likeness (QED) is 0.519. The average molecular weight is 136 g/mol. The molecule has 0 spiro atoms. The van der Waals surface area contributed by atoms with Crippen LogP contribution in [0.15, 0.2) is 36.5 Å². The van der Waals surface area contributed by atoms with E-state index in [0.29, 0.717) is 0 Å². The second-order valence-electron chi connectivity index (χ2n) is 2.33. The van der Waals surface area contributed by atoms with E-state index in [0.717, 1.165) is 12.8 Å². The van der Waals surface area contributed by atoms with E-state index in [9.17, 15) is 0 Å². The Morgan fingerprint density at radius 1 is 1.40 bits per heavy atom. The summed E-state index contributed by atoms with van der Waals surface area (Å²) in [6, 6.07) is 0. The van der Waals surface area contributed by atoms with Gasteiger partial charge in [-0.05, 0) is 26.7 Å². The van der Waals surface area contributed by atoms with Crippen molar-refractivity contribution in [2.45, 2.75) is 26.7 Å². The van der Waals surface area contributed by atoms with Crippen LogP contribution in [0.3, 0.4) is 0 Å². The fourth-order valence-corrected chi connectivity index (χ4v) is 0.580. The second kappa shape index (κ2) is 6.34. The lowest BCUT2D eigenvalue weighted by molar-refractivity contribution is 1.18. The molecule has 10 heavy (non-hydrogen) atoms. The predicted molar refractivity (Wildman–Crippen MR) is 48.0 cm³/mol. The van der Waals surface area contributed by atoms with Gasteiger partial charge in [-0.3, -0.25) is 0 Å². The number of rotatable bonds is 4. The first kappa shape index (κ1) is 9.22. The molecule has 0 saturated carbocycles. The molecule has 0 unspecified atom stereocenters. The van der Waals surface area contributed by atoms with Gasteiger partial charge in [0.1, 0.15) is 0 Å². The molecule has 0 aliphatic rings. The van der Waals surface area contributed by atoms with Crippen LogP contribution in [-0.2, 0) is 0 Å². The maximum atomic E-state index is 3.63. The lowest BCUT2D eigenvalue weighted by Gasteiger charge is -1.90. The molecule has 0 rings (SSSR count). The van der Waals surface area contributed by atoms with Gasteiger partial charge in [-0.15, -0.1) is 6.58 Å². The summed E-state index contributed by atoms with van der Waals surface area (Å²) >= 11 is 0. The van der Waals surface area contributed by atoms with E-state index in [1.165, 1.54) is 5.57 Å². The van der Waals surface area contributed by atoms with Gasteiger partial charge in [0.25, 0.3) is 0 Å². The van der Waals surface area contributed by atoms with E-state index in [1.807, 2.05) is 6.08 Å². The Morgan fingerprint density at radius 3 is 2.60 bits per heavy atom. The van der Waals surface area contributed by atoms with Crippen LogP contribution in [0, 0.1) is 0 Å². The Hall–Kier alpha value is -0.780. The Labute approximate surface area is 64.0 Å². The number of hydrogen-bond donors (Lipinski definition) is 0. The lowest BCUT2D eigenvalue weighted by atomic mass is 10.2. The highest BCUT2D eigenvalue weighted by molar-refractivity contribution is 5.03. The van der Waals surface area contributed by atoms with E-state index in [2.05, 4.69) is 38.7 Å². The Morgan fingerprint density at radius 2 is 2.10 bits per heavy atom. The van der Waals surface area contributed by atoms with Crippen LogP contribution in [0.5, 0.6) is 0 Å². The highest BCUT2D eigenvalue weighted by atomic mass is 13.9. The van der Waals surface area contributed by atoms with E-state index in [-0.39, 0.29) is 0 Å². The van der Waals surface area contributed by atoms with Gasteiger partial charge in [-0.25, -0.2) is 0 Å². The largest absolute Gasteiger partial charge is 0.103 e. The van der Waals surface area contributed by atoms with E-state index >= 15 is 0 Å². The predicted octanol–water partition coefficient (Wildman–Crippen LogP) is 3.48. The van der Waals surface area contributed by atoms with Crippen LogP contribution in [0.25, 0.3) is 0 Å². The molecule has 0 radical (unpaired) electrons. The first-order valence-corrected chi connectivity index (χ1v) is 3.69. The molecule has 0 aliphatic heterocycles. The summed E-state index contributed by atoms with van der Waals surface area (Å²) < 4.78 is 0. The molecule has 56 valence electrons. The minimum absolute atomic E-state index is 0.983. The van der Waals surface area contributed by atoms with Crippen LogP contribution in [-0.4, -0.2) is 0 Å². The van der Waals surface area contributed by atoms with Gasteiger partial charge in [-0.2, -0.15) is 0 Å². The van der Waals surface area contributed by atoms with E-state index < -0.39 is 0 Å². The van der Waals surface area contributed by atoms with Crippen molar-refractivity contribution in [3.8, 4) is 0 Å². The molecule has 0 bridgehead atoms. The van der Waals surface area contributed by atoms with Crippen LogP contribution in [0.1, 0.15) is 26.7 Å². The van der Waals surface area contributed by atoms with Crippen molar-refractivity contribution in [3.05, 3.63) is 36.5 Å². The molecular weight excluding hydrogens is 120 g/mol. The smallest absolute Gasteiger partial charge is 0.0142 e. The Balaban J connectivity index is 3.43. The van der Waals surface area contributed by atoms with Crippen molar-refractivity contribution in [2.75, 3.05) is 0 Å². The Bertz CT molecular complexity index is 138. The normalized spacial score (nSPS) is 12.4. The van der Waals surface area contributed by atoms with Crippen molar-refractivity contribution < 1.29 is 0 Å². The molecule has 0 aromatic carbocycles. The molecule has 0 aliphatic carbocycles. The van der Waals surface area contributed by atoms with Crippen LogP contribution < -0.4 is 0 Å². The molecule has 0 heterocycles. The zero-order valence-electron chi connectivity index (χ0n) is 6.93. The molecule has 0 heteroatoms. The van der Waals surface area contributed by atoms with Crippen molar-refractivity contribution in [3.63, 3.8) is 0 Å². The maximum absolute atomic E-state index is 3.63. The maximum Gasteiger partial charge on any atom is -0.0142 e. The van der Waals surface area contributed by atoms with Gasteiger partial charge in [-0.1, -0.05) is 29.9 Å². The van der Waals surface area contributed by atoms with Crippen LogP contribution in [0.4, 0.5) is 0 Å². The highest BCUT2D eigenvalue weighted by Gasteiger charge is 1.79. The van der Waals surface area contributed by atoms with Crippen molar-refractivity contribution in [1.82, 2.24) is 0 Å². The molecule has 0 atom stereocenters. The van der Waals surface area contributed by atoms with E-state index in [1.54, 1.807) is 0 Å². The number of hydrogen-bond acceptors (Lipinski definition) is 0. The molecule has 0 N–H and O–H groups in total. The van der Waals surface area contributed by atoms with Crippen molar-refractivity contribution >= 4 is 0 Å². The first-order chi connectivity index (χ1) is 4.81. The number of allylic oxidation sites excluding steroid dienone is 5. The summed E-state index contributed by atoms with van der Waals surface area (Å²) in [6.07, 6.45) is 10.4. The summed E-state index contributed by atoms with van der Waals surface area (Å²) in [4.78, 5) is 0. The summed E-state index contributed by atoms with van der Waals surface area (Å²) in [5.41, 5.74) is 1.42. The monoisotopic (exact) mass is 136 g/mol. The molecule has 0 aromatic heterocycles. The zero-order valence-corrected chi connectivity index (χ0v) is 6.93. The third-order valence-electron chi connectivity index (χ3n) is 1.40. The third-order valence-corrected chi connectivity index (χ3v) is 1.40. The lowest BCUT2D eigenvalue weighted by Crippen LogP contribution is -1.69. The minimum atomic E-state index is 0.983. The summed E-state index contributed by atoms with van der Waals surface area (Å²) in [5, 5.41) is 0. The topological polar surface area (TPSA) is 0 Å². The van der Waals surface area contributed by atoms with Crippen LogP contribution >= 0.6 is 0 Å². The van der Waals surface area contributed by atoms with Gasteiger partial charge in [0.2, 0.25) is 0 Å². The van der Waals surface area contributed by atoms with Crippen molar-refractivity contribution in [1.29, 1.82) is 0 Å². The molecular formula is C10H16. The van der Waals surface area contributed by atoms with Crippen molar-refractivity contribution in [2.24, 2.45) is 0 Å². The van der Waals surface area contributed by atoms with Crippen LogP contribution in [0.2, 0.25) is 0 Å². The Kier molecular flexibility index (Phi) is 5.85. The second-order valence-corrected chi connectivity index (χ2v) is 2.33. The molecule has 0 aromatic rings. The molecule has 0 amide bonds. The first-order valence-electron chi connectivity index (χ1n) is 3.69. The fraction of sp³-hybridized carbons (Fsp3) is 0.400. The third kappa shape index (κ3) is 5.36. The van der Waals surface area contributed by atoms with E-state index in [4.69, 9.17) is 0 Å². The van der Waals surface area contributed by atoms with Gasteiger partial charge < -0.3 is 0 Å². The zero-order chi connectivity index (χ0) is 7.82. The molecule has 0 nitrogen and oxygen atoms in total. The van der Waals surface area contributed by atoms with Gasteiger partial charge in [0.15, 0.2) is 0 Å². The van der Waals surface area contributed by atoms with Gasteiger partial charge >= 0.3 is 0 Å². The van der Waals surface area contributed by atoms with Gasteiger partial charge in [0, 0.05) is 0 Å². The molecule has 0 saturated heterocycles. The SMILES string of the molecule is C=CCC=CCC(C)=CC. The summed E-state index contributed by atoms with van der Waals surface area (Å²) in [5.74, 6) is 0.